The SMILES string of the molecule is O=C(O)c1ccc(N(c2ccc(N(c3ccc(C(=O)O)cc3)c3ccc4ccccc4c3)cc2)c2ccc3ccccc3c2)cc1. The van der Waals surface area contributed by atoms with Gasteiger partial charge in [-0.15, -0.1) is 0 Å². The molecular weight excluding hydrogens is 572 g/mol. The molecule has 7 rings (SSSR count). The maximum atomic E-state index is 11.6. The first-order valence-corrected chi connectivity index (χ1v) is 14.8. The molecule has 0 bridgehead atoms. The summed E-state index contributed by atoms with van der Waals surface area (Å²) in [5, 5.41) is 23.4. The van der Waals surface area contributed by atoms with Crippen molar-refractivity contribution in [2.24, 2.45) is 0 Å². The van der Waals surface area contributed by atoms with Crippen LogP contribution in [0.5, 0.6) is 0 Å². The van der Waals surface area contributed by atoms with Gasteiger partial charge in [-0.3, -0.25) is 0 Å². The molecule has 0 aliphatic carbocycles. The molecule has 0 atom stereocenters. The van der Waals surface area contributed by atoms with Gasteiger partial charge in [0.2, 0.25) is 0 Å². The van der Waals surface area contributed by atoms with Crippen molar-refractivity contribution in [1.82, 2.24) is 0 Å². The molecule has 0 saturated heterocycles. The number of carbonyl (C=O) groups is 2. The van der Waals surface area contributed by atoms with Gasteiger partial charge >= 0.3 is 11.9 Å². The van der Waals surface area contributed by atoms with Gasteiger partial charge in [-0.25, -0.2) is 9.59 Å². The van der Waals surface area contributed by atoms with Crippen LogP contribution >= 0.6 is 0 Å². The van der Waals surface area contributed by atoms with Crippen LogP contribution in [-0.2, 0) is 0 Å². The lowest BCUT2D eigenvalue weighted by Crippen LogP contribution is -2.12. The standard InChI is InChI=1S/C40H28N2O4/c43-39(44)29-11-15-33(16-12-29)41(37-19-9-27-5-1-3-7-31(27)25-37)35-21-23-36(24-22-35)42(34-17-13-30(14-18-34)40(45)46)38-20-10-28-6-2-4-8-32(28)26-38/h1-26H,(H,43,44)(H,45,46). The number of hydrogen-bond acceptors (Lipinski definition) is 4. The highest BCUT2D eigenvalue weighted by atomic mass is 16.4. The molecule has 0 heterocycles. The summed E-state index contributed by atoms with van der Waals surface area (Å²) >= 11 is 0. The molecule has 0 fully saturated rings. The zero-order valence-electron chi connectivity index (χ0n) is 24.6. The van der Waals surface area contributed by atoms with Gasteiger partial charge in [-0.05, 0) is 119 Å². The molecule has 0 amide bonds. The van der Waals surface area contributed by atoms with E-state index in [0.29, 0.717) is 0 Å². The lowest BCUT2D eigenvalue weighted by Gasteiger charge is -2.28. The van der Waals surface area contributed by atoms with Crippen molar-refractivity contribution in [2.45, 2.75) is 0 Å². The number of benzene rings is 7. The Balaban J connectivity index is 1.33. The maximum absolute atomic E-state index is 11.6. The Morgan fingerprint density at radius 3 is 0.957 bits per heavy atom. The molecule has 0 aromatic heterocycles. The molecule has 0 spiro atoms. The Labute approximate surface area is 265 Å². The topological polar surface area (TPSA) is 81.1 Å². The molecule has 6 heteroatoms. The number of hydrogen-bond donors (Lipinski definition) is 2. The number of aromatic carboxylic acids is 2. The van der Waals surface area contributed by atoms with Crippen molar-refractivity contribution in [3.8, 4) is 0 Å². The predicted molar refractivity (Wildman–Crippen MR) is 185 cm³/mol. The lowest BCUT2D eigenvalue weighted by molar-refractivity contribution is 0.0686. The summed E-state index contributed by atoms with van der Waals surface area (Å²) < 4.78 is 0. The molecule has 6 nitrogen and oxygen atoms in total. The van der Waals surface area contributed by atoms with Crippen LogP contribution in [0.2, 0.25) is 0 Å². The van der Waals surface area contributed by atoms with E-state index in [1.807, 2.05) is 72.8 Å². The van der Waals surface area contributed by atoms with Gasteiger partial charge in [-0.1, -0.05) is 60.7 Å². The number of carboxylic acid groups (broad SMARTS) is 2. The number of anilines is 6. The Hall–Kier alpha value is -6.40. The summed E-state index contributed by atoms with van der Waals surface area (Å²) in [6, 6.07) is 50.8. The fourth-order valence-electron chi connectivity index (χ4n) is 5.78. The van der Waals surface area contributed by atoms with E-state index in [1.54, 1.807) is 24.3 Å². The lowest BCUT2D eigenvalue weighted by atomic mass is 10.1. The average Bonchev–Trinajstić information content (AvgIpc) is 3.09. The Kier molecular flexibility index (Phi) is 7.37. The number of nitrogens with zero attached hydrogens (tertiary/aromatic N) is 2. The summed E-state index contributed by atoms with van der Waals surface area (Å²) in [6.45, 7) is 0. The van der Waals surface area contributed by atoms with Gasteiger partial charge < -0.3 is 20.0 Å². The van der Waals surface area contributed by atoms with Crippen molar-refractivity contribution in [2.75, 3.05) is 9.80 Å². The third-order valence-corrected chi connectivity index (χ3v) is 8.09. The van der Waals surface area contributed by atoms with E-state index in [0.717, 1.165) is 55.7 Å². The van der Waals surface area contributed by atoms with E-state index in [9.17, 15) is 19.8 Å². The van der Waals surface area contributed by atoms with E-state index in [2.05, 4.69) is 70.5 Å². The second-order valence-electron chi connectivity index (χ2n) is 11.0. The number of fused-ring (bicyclic) bond motifs is 2. The van der Waals surface area contributed by atoms with E-state index in [4.69, 9.17) is 0 Å². The molecule has 222 valence electrons. The average molecular weight is 601 g/mol. The Morgan fingerprint density at radius 2 is 0.630 bits per heavy atom. The predicted octanol–water partition coefficient (Wildman–Crippen LogP) is 10.3. The van der Waals surface area contributed by atoms with Crippen molar-refractivity contribution in [1.29, 1.82) is 0 Å². The third kappa shape index (κ3) is 5.51. The molecular formula is C40H28N2O4. The number of carboxylic acids is 2. The van der Waals surface area contributed by atoms with Crippen LogP contribution in [0.25, 0.3) is 21.5 Å². The third-order valence-electron chi connectivity index (χ3n) is 8.09. The van der Waals surface area contributed by atoms with Gasteiger partial charge in [0.1, 0.15) is 0 Å². The second-order valence-corrected chi connectivity index (χ2v) is 11.0. The molecule has 0 aliphatic rings. The van der Waals surface area contributed by atoms with Gasteiger partial charge in [0.25, 0.3) is 0 Å². The minimum atomic E-state index is -0.974. The van der Waals surface area contributed by atoms with Crippen LogP contribution in [0.15, 0.2) is 158 Å². The van der Waals surface area contributed by atoms with Crippen molar-refractivity contribution in [3.05, 3.63) is 169 Å². The van der Waals surface area contributed by atoms with Gasteiger partial charge in [0, 0.05) is 34.1 Å². The number of rotatable bonds is 8. The Bertz CT molecular complexity index is 2050. The zero-order valence-corrected chi connectivity index (χ0v) is 24.6. The highest BCUT2D eigenvalue weighted by molar-refractivity contribution is 5.93. The summed E-state index contributed by atoms with van der Waals surface area (Å²) in [5.41, 5.74) is 5.74. The minimum absolute atomic E-state index is 0.220. The monoisotopic (exact) mass is 600 g/mol. The minimum Gasteiger partial charge on any atom is -0.478 e. The van der Waals surface area contributed by atoms with Crippen molar-refractivity contribution in [3.63, 3.8) is 0 Å². The highest BCUT2D eigenvalue weighted by Gasteiger charge is 2.18. The molecule has 0 saturated carbocycles. The van der Waals surface area contributed by atoms with Gasteiger partial charge in [0.05, 0.1) is 11.1 Å². The van der Waals surface area contributed by atoms with Crippen LogP contribution in [0, 0.1) is 0 Å². The molecule has 2 N–H and O–H groups in total. The summed E-state index contributed by atoms with van der Waals surface area (Å²) in [7, 11) is 0. The van der Waals surface area contributed by atoms with Gasteiger partial charge in [0.15, 0.2) is 0 Å². The normalized spacial score (nSPS) is 11.0. The smallest absolute Gasteiger partial charge is 0.335 e. The molecule has 0 aliphatic heterocycles. The summed E-state index contributed by atoms with van der Waals surface area (Å²) in [6.07, 6.45) is 0. The largest absolute Gasteiger partial charge is 0.478 e. The van der Waals surface area contributed by atoms with E-state index in [1.165, 1.54) is 0 Å². The molecule has 46 heavy (non-hydrogen) atoms. The zero-order chi connectivity index (χ0) is 31.6. The molecule has 7 aromatic rings. The van der Waals surface area contributed by atoms with Crippen LogP contribution < -0.4 is 9.80 Å². The first kappa shape index (κ1) is 28.4. The molecule has 7 aromatic carbocycles. The van der Waals surface area contributed by atoms with E-state index < -0.39 is 11.9 Å². The van der Waals surface area contributed by atoms with Crippen LogP contribution in [0.1, 0.15) is 20.7 Å². The van der Waals surface area contributed by atoms with Crippen LogP contribution in [-0.4, -0.2) is 22.2 Å². The maximum Gasteiger partial charge on any atom is 0.335 e. The first-order chi connectivity index (χ1) is 22.4. The Morgan fingerprint density at radius 1 is 0.348 bits per heavy atom. The van der Waals surface area contributed by atoms with Crippen LogP contribution in [0.3, 0.4) is 0 Å². The summed E-state index contributed by atoms with van der Waals surface area (Å²) in [4.78, 5) is 27.4. The summed E-state index contributed by atoms with van der Waals surface area (Å²) in [5.74, 6) is -1.95. The van der Waals surface area contributed by atoms with Crippen LogP contribution in [0.4, 0.5) is 34.1 Å². The highest BCUT2D eigenvalue weighted by Crippen LogP contribution is 2.40. The molecule has 0 unspecified atom stereocenters. The quantitative estimate of drug-likeness (QED) is 0.181. The fraction of sp³-hybridized carbons (Fsp3) is 0. The van der Waals surface area contributed by atoms with Gasteiger partial charge in [-0.2, -0.15) is 0 Å². The first-order valence-electron chi connectivity index (χ1n) is 14.8. The fourth-order valence-corrected chi connectivity index (χ4v) is 5.78. The second kappa shape index (κ2) is 11.9. The van der Waals surface area contributed by atoms with Crippen molar-refractivity contribution < 1.29 is 19.8 Å². The van der Waals surface area contributed by atoms with E-state index >= 15 is 0 Å². The molecule has 0 radical (unpaired) electrons. The van der Waals surface area contributed by atoms with E-state index in [-0.39, 0.29) is 11.1 Å². The van der Waals surface area contributed by atoms with Crippen molar-refractivity contribution >= 4 is 67.6 Å².